The quantitative estimate of drug-likeness (QED) is 0.844. The first kappa shape index (κ1) is 14.4. The van der Waals surface area contributed by atoms with Crippen molar-refractivity contribution < 1.29 is 4.79 Å². The molecule has 1 aromatic heterocycles. The van der Waals surface area contributed by atoms with Crippen LogP contribution in [0.15, 0.2) is 6.20 Å². The van der Waals surface area contributed by atoms with Gasteiger partial charge in [-0.1, -0.05) is 6.42 Å². The fourth-order valence-electron chi connectivity index (χ4n) is 3.88. The largest absolute Gasteiger partial charge is 0.355 e. The van der Waals surface area contributed by atoms with Crippen molar-refractivity contribution in [3.8, 4) is 0 Å². The van der Waals surface area contributed by atoms with Crippen molar-refractivity contribution in [2.24, 2.45) is 11.1 Å². The molecule has 0 bridgehead atoms. The van der Waals surface area contributed by atoms with Gasteiger partial charge in [-0.15, -0.1) is 0 Å². The Morgan fingerprint density at radius 3 is 2.67 bits per heavy atom. The molecular weight excluding hydrogens is 264 g/mol. The number of aryl methyl sites for hydroxylation is 1. The van der Waals surface area contributed by atoms with E-state index in [0.29, 0.717) is 17.2 Å². The van der Waals surface area contributed by atoms with Gasteiger partial charge in [-0.2, -0.15) is 0 Å². The molecule has 1 aliphatic carbocycles. The Bertz CT molecular complexity index is 549. The van der Waals surface area contributed by atoms with Gasteiger partial charge in [-0.05, 0) is 38.0 Å². The van der Waals surface area contributed by atoms with Gasteiger partial charge in [0, 0.05) is 32.3 Å². The number of ketones is 1. The number of anilines is 1. The maximum Gasteiger partial charge on any atom is 0.181 e. The second-order valence-electron chi connectivity index (χ2n) is 6.59. The van der Waals surface area contributed by atoms with Crippen LogP contribution in [0.2, 0.25) is 0 Å². The van der Waals surface area contributed by atoms with Crippen LogP contribution in [0.3, 0.4) is 0 Å². The second kappa shape index (κ2) is 5.37. The van der Waals surface area contributed by atoms with E-state index in [1.165, 1.54) is 12.8 Å². The first-order chi connectivity index (χ1) is 10.0. The van der Waals surface area contributed by atoms with Crippen LogP contribution in [0, 0.1) is 12.3 Å². The SMILES string of the molecule is CC(=O)c1ncc(C)nc1N1CCC2(CCC[C@H]2N)CC1. The minimum Gasteiger partial charge on any atom is -0.355 e. The number of carbonyl (C=O) groups excluding carboxylic acids is 1. The molecule has 0 amide bonds. The predicted octanol–water partition coefficient (Wildman–Crippen LogP) is 2.09. The standard InChI is InChI=1S/C16H24N4O/c1-11-10-18-14(12(2)21)15(19-11)20-8-6-16(7-9-20)5-3-4-13(16)17/h10,13H,3-9,17H2,1-2H3/t13-/m1/s1. The molecule has 1 saturated heterocycles. The highest BCUT2D eigenvalue weighted by atomic mass is 16.1. The molecule has 1 spiro atoms. The molecule has 5 nitrogen and oxygen atoms in total. The molecule has 1 saturated carbocycles. The van der Waals surface area contributed by atoms with E-state index >= 15 is 0 Å². The highest BCUT2D eigenvalue weighted by Crippen LogP contribution is 2.46. The molecule has 1 atom stereocenters. The number of hydrogen-bond acceptors (Lipinski definition) is 5. The molecule has 0 unspecified atom stereocenters. The monoisotopic (exact) mass is 288 g/mol. The lowest BCUT2D eigenvalue weighted by Gasteiger charge is -2.42. The summed E-state index contributed by atoms with van der Waals surface area (Å²) in [5.74, 6) is 0.735. The topological polar surface area (TPSA) is 72.1 Å². The van der Waals surface area contributed by atoms with Crippen molar-refractivity contribution in [1.29, 1.82) is 0 Å². The normalized spacial score (nSPS) is 24.5. The van der Waals surface area contributed by atoms with E-state index < -0.39 is 0 Å². The molecule has 114 valence electrons. The van der Waals surface area contributed by atoms with Crippen molar-refractivity contribution in [2.45, 2.75) is 52.0 Å². The van der Waals surface area contributed by atoms with Crippen LogP contribution in [0.4, 0.5) is 5.82 Å². The molecule has 3 rings (SSSR count). The summed E-state index contributed by atoms with van der Waals surface area (Å²) >= 11 is 0. The molecular formula is C16H24N4O. The summed E-state index contributed by atoms with van der Waals surface area (Å²) < 4.78 is 0. The summed E-state index contributed by atoms with van der Waals surface area (Å²) in [5, 5.41) is 0. The van der Waals surface area contributed by atoms with E-state index in [2.05, 4.69) is 14.9 Å². The minimum atomic E-state index is -0.0182. The van der Waals surface area contributed by atoms with Gasteiger partial charge in [0.25, 0.3) is 0 Å². The Morgan fingerprint density at radius 2 is 2.10 bits per heavy atom. The number of nitrogens with two attached hydrogens (primary N) is 1. The fraction of sp³-hybridized carbons (Fsp3) is 0.688. The van der Waals surface area contributed by atoms with Crippen LogP contribution in [0.5, 0.6) is 0 Å². The van der Waals surface area contributed by atoms with Crippen molar-refractivity contribution in [2.75, 3.05) is 18.0 Å². The maximum absolute atomic E-state index is 11.8. The van der Waals surface area contributed by atoms with Gasteiger partial charge in [0.2, 0.25) is 0 Å². The van der Waals surface area contributed by atoms with Gasteiger partial charge < -0.3 is 10.6 Å². The first-order valence-electron chi connectivity index (χ1n) is 7.87. The zero-order chi connectivity index (χ0) is 15.0. The van der Waals surface area contributed by atoms with Crippen molar-refractivity contribution in [3.63, 3.8) is 0 Å². The third-order valence-corrected chi connectivity index (χ3v) is 5.24. The van der Waals surface area contributed by atoms with Gasteiger partial charge in [0.15, 0.2) is 11.6 Å². The molecule has 2 aliphatic rings. The Hall–Kier alpha value is -1.49. The highest BCUT2D eigenvalue weighted by molar-refractivity contribution is 5.96. The van der Waals surface area contributed by atoms with Crippen LogP contribution in [-0.4, -0.2) is 34.9 Å². The average Bonchev–Trinajstić information content (AvgIpc) is 2.80. The van der Waals surface area contributed by atoms with Crippen LogP contribution in [0.1, 0.15) is 55.2 Å². The summed E-state index contributed by atoms with van der Waals surface area (Å²) in [4.78, 5) is 22.8. The minimum absolute atomic E-state index is 0.0182. The van der Waals surface area contributed by atoms with Crippen molar-refractivity contribution in [1.82, 2.24) is 9.97 Å². The van der Waals surface area contributed by atoms with Crippen molar-refractivity contribution >= 4 is 11.6 Å². The molecule has 2 heterocycles. The molecule has 2 fully saturated rings. The molecule has 1 aromatic rings. The van der Waals surface area contributed by atoms with E-state index in [4.69, 9.17) is 5.73 Å². The van der Waals surface area contributed by atoms with Crippen LogP contribution in [0.25, 0.3) is 0 Å². The lowest BCUT2D eigenvalue weighted by Crippen LogP contribution is -2.47. The first-order valence-corrected chi connectivity index (χ1v) is 7.87. The molecule has 0 radical (unpaired) electrons. The maximum atomic E-state index is 11.8. The Kier molecular flexibility index (Phi) is 3.69. The third kappa shape index (κ3) is 2.55. The Morgan fingerprint density at radius 1 is 1.38 bits per heavy atom. The number of Topliss-reactive ketones (excluding diaryl/α,β-unsaturated/α-hetero) is 1. The summed E-state index contributed by atoms with van der Waals surface area (Å²) in [6.45, 7) is 5.32. The zero-order valence-corrected chi connectivity index (χ0v) is 12.9. The zero-order valence-electron chi connectivity index (χ0n) is 12.9. The fourth-order valence-corrected chi connectivity index (χ4v) is 3.88. The number of nitrogens with zero attached hydrogens (tertiary/aromatic N) is 3. The van der Waals surface area contributed by atoms with E-state index in [9.17, 15) is 4.79 Å². The number of aromatic nitrogens is 2. The lowest BCUT2D eigenvalue weighted by atomic mass is 9.74. The second-order valence-corrected chi connectivity index (χ2v) is 6.59. The van der Waals surface area contributed by atoms with Crippen molar-refractivity contribution in [3.05, 3.63) is 17.6 Å². The number of rotatable bonds is 2. The smallest absolute Gasteiger partial charge is 0.181 e. The molecule has 5 heteroatoms. The van der Waals surface area contributed by atoms with Crippen LogP contribution < -0.4 is 10.6 Å². The molecule has 0 aromatic carbocycles. The van der Waals surface area contributed by atoms with E-state index in [0.717, 1.165) is 43.9 Å². The summed E-state index contributed by atoms with van der Waals surface area (Å²) in [7, 11) is 0. The van der Waals surface area contributed by atoms with Gasteiger partial charge in [0.1, 0.15) is 5.69 Å². The van der Waals surface area contributed by atoms with E-state index in [1.54, 1.807) is 13.1 Å². The molecule has 2 N–H and O–H groups in total. The highest BCUT2D eigenvalue weighted by Gasteiger charge is 2.43. The lowest BCUT2D eigenvalue weighted by molar-refractivity contribution is 0.101. The van der Waals surface area contributed by atoms with Crippen LogP contribution >= 0.6 is 0 Å². The Balaban J connectivity index is 1.81. The molecule has 21 heavy (non-hydrogen) atoms. The summed E-state index contributed by atoms with van der Waals surface area (Å²) in [5.41, 5.74) is 8.00. The van der Waals surface area contributed by atoms with E-state index in [-0.39, 0.29) is 5.78 Å². The average molecular weight is 288 g/mol. The summed E-state index contributed by atoms with van der Waals surface area (Å²) in [6, 6.07) is 0.343. The van der Waals surface area contributed by atoms with Crippen LogP contribution in [-0.2, 0) is 0 Å². The van der Waals surface area contributed by atoms with Gasteiger partial charge in [0.05, 0.1) is 5.69 Å². The summed E-state index contributed by atoms with van der Waals surface area (Å²) in [6.07, 6.45) is 7.52. The van der Waals surface area contributed by atoms with E-state index in [1.807, 2.05) is 6.92 Å². The van der Waals surface area contributed by atoms with Gasteiger partial charge >= 0.3 is 0 Å². The predicted molar refractivity (Wildman–Crippen MR) is 82.5 cm³/mol. The van der Waals surface area contributed by atoms with Gasteiger partial charge in [-0.3, -0.25) is 4.79 Å². The number of hydrogen-bond donors (Lipinski definition) is 1. The number of piperidine rings is 1. The van der Waals surface area contributed by atoms with Gasteiger partial charge in [-0.25, -0.2) is 9.97 Å². The Labute approximate surface area is 125 Å². The number of carbonyl (C=O) groups is 1. The third-order valence-electron chi connectivity index (χ3n) is 5.24. The molecule has 1 aliphatic heterocycles.